The summed E-state index contributed by atoms with van der Waals surface area (Å²) in [6.07, 6.45) is 0.252. The van der Waals surface area contributed by atoms with Gasteiger partial charge in [-0.25, -0.2) is 0 Å². The summed E-state index contributed by atoms with van der Waals surface area (Å²) in [4.78, 5) is 22.9. The fourth-order valence-corrected chi connectivity index (χ4v) is 1.53. The average Bonchev–Trinajstić information content (AvgIpc) is 2.33. The van der Waals surface area contributed by atoms with Gasteiger partial charge in [-0.1, -0.05) is 11.6 Å². The molecule has 4 N–H and O–H groups in total. The number of amides is 2. The van der Waals surface area contributed by atoms with Gasteiger partial charge in [0.2, 0.25) is 5.91 Å². The van der Waals surface area contributed by atoms with Crippen molar-refractivity contribution in [1.29, 1.82) is 0 Å². The van der Waals surface area contributed by atoms with Crippen LogP contribution in [0, 0.1) is 0 Å². The molecule has 98 valence electrons. The van der Waals surface area contributed by atoms with Gasteiger partial charge >= 0.3 is 0 Å². The molecule has 0 aliphatic rings. The van der Waals surface area contributed by atoms with Gasteiger partial charge in [0.15, 0.2) is 0 Å². The minimum Gasteiger partial charge on any atom is -0.398 e. The van der Waals surface area contributed by atoms with Crippen LogP contribution >= 0.6 is 11.6 Å². The number of rotatable bonds is 5. The smallest absolute Gasteiger partial charge is 0.251 e. The predicted molar refractivity (Wildman–Crippen MR) is 71.5 cm³/mol. The first-order chi connectivity index (χ1) is 8.54. The zero-order valence-corrected chi connectivity index (χ0v) is 10.9. The van der Waals surface area contributed by atoms with E-state index in [1.165, 1.54) is 6.07 Å². The summed E-state index contributed by atoms with van der Waals surface area (Å²) in [7, 11) is 0. The number of benzene rings is 1. The number of carbonyl (C=O) groups excluding carboxylic acids is 2. The molecule has 0 aliphatic carbocycles. The van der Waals surface area contributed by atoms with Gasteiger partial charge in [0.05, 0.1) is 10.7 Å². The largest absolute Gasteiger partial charge is 0.398 e. The Balaban J connectivity index is 2.45. The Morgan fingerprint density at radius 2 is 2.06 bits per heavy atom. The van der Waals surface area contributed by atoms with Gasteiger partial charge in [-0.05, 0) is 25.1 Å². The number of nitrogens with two attached hydrogens (primary N) is 1. The van der Waals surface area contributed by atoms with Crippen LogP contribution in [0.3, 0.4) is 0 Å². The molecule has 18 heavy (non-hydrogen) atoms. The summed E-state index contributed by atoms with van der Waals surface area (Å²) in [5.41, 5.74) is 6.39. The molecule has 1 aromatic rings. The Morgan fingerprint density at radius 3 is 2.67 bits per heavy atom. The standard InChI is InChI=1S/C12H16ClN3O2/c1-2-15-11(17)5-6-16-12(18)8-3-4-10(14)9(13)7-8/h3-4,7H,2,5-6,14H2,1H3,(H,15,17)(H,16,18). The predicted octanol–water partition coefficient (Wildman–Crippen LogP) is 1.18. The first-order valence-corrected chi connectivity index (χ1v) is 6.02. The fourth-order valence-electron chi connectivity index (χ4n) is 1.35. The van der Waals surface area contributed by atoms with Gasteiger partial charge < -0.3 is 16.4 Å². The van der Waals surface area contributed by atoms with E-state index in [1.54, 1.807) is 12.1 Å². The first kappa shape index (κ1) is 14.3. The number of hydrogen-bond acceptors (Lipinski definition) is 3. The molecule has 0 bridgehead atoms. The van der Waals surface area contributed by atoms with E-state index in [4.69, 9.17) is 17.3 Å². The molecule has 0 fully saturated rings. The molecule has 0 radical (unpaired) electrons. The Kier molecular flexibility index (Phi) is 5.45. The van der Waals surface area contributed by atoms with E-state index in [-0.39, 0.29) is 24.8 Å². The molecule has 0 aliphatic heterocycles. The highest BCUT2D eigenvalue weighted by molar-refractivity contribution is 6.33. The topological polar surface area (TPSA) is 84.2 Å². The van der Waals surface area contributed by atoms with Crippen molar-refractivity contribution in [1.82, 2.24) is 10.6 Å². The Morgan fingerprint density at radius 1 is 1.33 bits per heavy atom. The maximum atomic E-state index is 11.7. The first-order valence-electron chi connectivity index (χ1n) is 5.64. The lowest BCUT2D eigenvalue weighted by Gasteiger charge is -2.06. The summed E-state index contributed by atoms with van der Waals surface area (Å²) in [6.45, 7) is 2.71. The van der Waals surface area contributed by atoms with Crippen LogP contribution in [0.2, 0.25) is 5.02 Å². The van der Waals surface area contributed by atoms with Crippen LogP contribution in [0.5, 0.6) is 0 Å². The zero-order chi connectivity index (χ0) is 13.5. The normalized spacial score (nSPS) is 9.89. The Hall–Kier alpha value is -1.75. The van der Waals surface area contributed by atoms with Crippen molar-refractivity contribution in [3.63, 3.8) is 0 Å². The Bertz CT molecular complexity index is 449. The van der Waals surface area contributed by atoms with Crippen molar-refractivity contribution in [2.45, 2.75) is 13.3 Å². The van der Waals surface area contributed by atoms with E-state index in [0.29, 0.717) is 22.8 Å². The summed E-state index contributed by atoms with van der Waals surface area (Å²) >= 11 is 5.81. The maximum Gasteiger partial charge on any atom is 0.251 e. The van der Waals surface area contributed by atoms with Gasteiger partial charge in [0.25, 0.3) is 5.91 Å². The van der Waals surface area contributed by atoms with Crippen molar-refractivity contribution in [2.24, 2.45) is 0 Å². The van der Waals surface area contributed by atoms with Crippen LogP contribution in [0.4, 0.5) is 5.69 Å². The van der Waals surface area contributed by atoms with Gasteiger partial charge in [-0.15, -0.1) is 0 Å². The highest BCUT2D eigenvalue weighted by Gasteiger charge is 2.08. The second kappa shape index (κ2) is 6.86. The molecular formula is C12H16ClN3O2. The molecule has 0 aromatic heterocycles. The van der Waals surface area contributed by atoms with Gasteiger partial charge in [0, 0.05) is 25.1 Å². The molecule has 1 aromatic carbocycles. The van der Waals surface area contributed by atoms with Crippen molar-refractivity contribution in [3.05, 3.63) is 28.8 Å². The van der Waals surface area contributed by atoms with Crippen molar-refractivity contribution in [3.8, 4) is 0 Å². The minimum absolute atomic E-state index is 0.0897. The molecular weight excluding hydrogens is 254 g/mol. The second-order valence-corrected chi connectivity index (χ2v) is 4.10. The lowest BCUT2D eigenvalue weighted by atomic mass is 10.2. The molecule has 5 nitrogen and oxygen atoms in total. The van der Waals surface area contributed by atoms with E-state index >= 15 is 0 Å². The van der Waals surface area contributed by atoms with Crippen molar-refractivity contribution < 1.29 is 9.59 Å². The highest BCUT2D eigenvalue weighted by atomic mass is 35.5. The number of hydrogen-bond donors (Lipinski definition) is 3. The van der Waals surface area contributed by atoms with E-state index in [1.807, 2.05) is 6.92 Å². The summed E-state index contributed by atoms with van der Waals surface area (Å²) in [5, 5.41) is 5.62. The molecule has 0 heterocycles. The molecule has 1 rings (SSSR count). The SMILES string of the molecule is CCNC(=O)CCNC(=O)c1ccc(N)c(Cl)c1. The van der Waals surface area contributed by atoms with Crippen LogP contribution in [0.1, 0.15) is 23.7 Å². The van der Waals surface area contributed by atoms with Crippen LogP contribution < -0.4 is 16.4 Å². The average molecular weight is 270 g/mol. The number of nitrogens with one attached hydrogen (secondary N) is 2. The number of carbonyl (C=O) groups is 2. The van der Waals surface area contributed by atoms with E-state index < -0.39 is 0 Å². The fraction of sp³-hybridized carbons (Fsp3) is 0.333. The van der Waals surface area contributed by atoms with E-state index in [9.17, 15) is 9.59 Å². The molecule has 0 saturated carbocycles. The third kappa shape index (κ3) is 4.25. The maximum absolute atomic E-state index is 11.7. The third-order valence-electron chi connectivity index (χ3n) is 2.27. The number of halogens is 1. The lowest BCUT2D eigenvalue weighted by Crippen LogP contribution is -2.30. The molecule has 6 heteroatoms. The summed E-state index contributed by atoms with van der Waals surface area (Å²) in [6, 6.07) is 4.65. The molecule has 0 saturated heterocycles. The number of nitrogen functional groups attached to an aromatic ring is 1. The van der Waals surface area contributed by atoms with E-state index in [0.717, 1.165) is 0 Å². The third-order valence-corrected chi connectivity index (χ3v) is 2.60. The quantitative estimate of drug-likeness (QED) is 0.702. The van der Waals surface area contributed by atoms with Crippen LogP contribution in [-0.2, 0) is 4.79 Å². The van der Waals surface area contributed by atoms with Crippen LogP contribution in [-0.4, -0.2) is 24.9 Å². The molecule has 0 atom stereocenters. The van der Waals surface area contributed by atoms with Gasteiger partial charge in [-0.3, -0.25) is 9.59 Å². The second-order valence-electron chi connectivity index (χ2n) is 3.70. The van der Waals surface area contributed by atoms with Crippen molar-refractivity contribution in [2.75, 3.05) is 18.8 Å². The highest BCUT2D eigenvalue weighted by Crippen LogP contribution is 2.19. The Labute approximate surface area is 111 Å². The number of anilines is 1. The van der Waals surface area contributed by atoms with Crippen LogP contribution in [0.25, 0.3) is 0 Å². The molecule has 2 amide bonds. The van der Waals surface area contributed by atoms with Crippen molar-refractivity contribution >= 4 is 29.1 Å². The zero-order valence-electron chi connectivity index (χ0n) is 10.1. The van der Waals surface area contributed by atoms with E-state index in [2.05, 4.69) is 10.6 Å². The summed E-state index contributed by atoms with van der Waals surface area (Å²) < 4.78 is 0. The minimum atomic E-state index is -0.277. The van der Waals surface area contributed by atoms with Crippen LogP contribution in [0.15, 0.2) is 18.2 Å². The molecule has 0 unspecified atom stereocenters. The van der Waals surface area contributed by atoms with Gasteiger partial charge in [0.1, 0.15) is 0 Å². The lowest BCUT2D eigenvalue weighted by molar-refractivity contribution is -0.120. The molecule has 0 spiro atoms. The monoisotopic (exact) mass is 269 g/mol. The summed E-state index contributed by atoms with van der Waals surface area (Å²) in [5.74, 6) is -0.366. The van der Waals surface area contributed by atoms with Gasteiger partial charge in [-0.2, -0.15) is 0 Å².